The van der Waals surface area contributed by atoms with Crippen molar-refractivity contribution >= 4 is 29.3 Å². The summed E-state index contributed by atoms with van der Waals surface area (Å²) in [7, 11) is 2.05. The number of aryl methyl sites for hydroxylation is 1. The van der Waals surface area contributed by atoms with E-state index in [9.17, 15) is 19.8 Å². The van der Waals surface area contributed by atoms with Crippen molar-refractivity contribution in [3.63, 3.8) is 0 Å². The first kappa shape index (κ1) is 23.9. The second-order valence-electron chi connectivity index (χ2n) is 8.37. The Morgan fingerprint density at radius 2 is 1.94 bits per heavy atom. The molecular weight excluding hydrogens is 430 g/mol. The number of aromatic carboxylic acids is 1. The fourth-order valence-electron chi connectivity index (χ4n) is 4.70. The first-order chi connectivity index (χ1) is 14.9. The molecule has 0 amide bonds. The van der Waals surface area contributed by atoms with Crippen molar-refractivity contribution in [1.29, 1.82) is 0 Å². The Hall–Kier alpha value is -2.77. The van der Waals surface area contributed by atoms with Crippen molar-refractivity contribution in [3.8, 4) is 17.0 Å². The monoisotopic (exact) mass is 459 g/mol. The zero-order valence-electron chi connectivity index (χ0n) is 18.4. The number of H-pyrrole nitrogens is 1. The minimum atomic E-state index is -1.44. The molecule has 0 unspecified atom stereocenters. The molecule has 1 saturated carbocycles. The molecule has 3 aromatic rings. The Kier molecular flexibility index (Phi) is 7.31. The maximum Gasteiger partial charge on any atom is 0.345 e. The van der Waals surface area contributed by atoms with Gasteiger partial charge in [0.2, 0.25) is 0 Å². The van der Waals surface area contributed by atoms with Gasteiger partial charge in [-0.2, -0.15) is 0 Å². The third-order valence-electron chi connectivity index (χ3n) is 6.46. The summed E-state index contributed by atoms with van der Waals surface area (Å²) in [6.45, 7) is 2.62. The van der Waals surface area contributed by atoms with Gasteiger partial charge < -0.3 is 25.1 Å². The molecule has 0 spiro atoms. The highest BCUT2D eigenvalue weighted by molar-refractivity contribution is 5.92. The Labute approximate surface area is 192 Å². The lowest BCUT2D eigenvalue weighted by Crippen LogP contribution is -2.31. The number of pyridine rings is 1. The van der Waals surface area contributed by atoms with Crippen LogP contribution in [0, 0.1) is 0 Å². The normalized spacial score (nSPS) is 14.4. The Morgan fingerprint density at radius 3 is 2.59 bits per heavy atom. The molecule has 1 aromatic carbocycles. The average molecular weight is 460 g/mol. The smallest absolute Gasteiger partial charge is 0.345 e. The van der Waals surface area contributed by atoms with Crippen molar-refractivity contribution in [2.75, 3.05) is 0 Å². The molecular formula is C24H30ClN3O4. The maximum atomic E-state index is 12.3. The Bertz CT molecular complexity index is 1190. The summed E-state index contributed by atoms with van der Waals surface area (Å²) < 4.78 is 2.17. The van der Waals surface area contributed by atoms with E-state index in [0.29, 0.717) is 23.7 Å². The predicted octanol–water partition coefficient (Wildman–Crippen LogP) is 4.34. The van der Waals surface area contributed by atoms with E-state index in [2.05, 4.69) is 20.9 Å². The molecule has 1 aliphatic rings. The average Bonchev–Trinajstić information content (AvgIpc) is 3.07. The molecule has 172 valence electrons. The number of carboxylic acids is 1. The van der Waals surface area contributed by atoms with Gasteiger partial charge in [0.15, 0.2) is 5.56 Å². The third kappa shape index (κ3) is 4.40. The summed E-state index contributed by atoms with van der Waals surface area (Å²) in [4.78, 5) is 26.3. The van der Waals surface area contributed by atoms with Crippen molar-refractivity contribution in [2.24, 2.45) is 7.05 Å². The molecule has 4 N–H and O–H groups in total. The number of halogens is 1. The maximum absolute atomic E-state index is 12.3. The topological polar surface area (TPSA) is 107 Å². The van der Waals surface area contributed by atoms with Crippen molar-refractivity contribution < 1.29 is 15.0 Å². The van der Waals surface area contributed by atoms with Gasteiger partial charge in [0.25, 0.3) is 5.56 Å². The largest absolute Gasteiger partial charge is 0.506 e. The number of nitrogens with one attached hydrogen (secondary N) is 2. The molecule has 1 fully saturated rings. The lowest BCUT2D eigenvalue weighted by atomic mass is 9.95. The molecule has 2 heterocycles. The summed E-state index contributed by atoms with van der Waals surface area (Å²) in [5.41, 5.74) is 2.47. The minimum absolute atomic E-state index is 0. The number of hydrogen-bond donors (Lipinski definition) is 4. The fourth-order valence-corrected chi connectivity index (χ4v) is 4.70. The number of aromatic nitrogens is 2. The number of rotatable bonds is 6. The van der Waals surface area contributed by atoms with Gasteiger partial charge in [0.05, 0.1) is 5.69 Å². The van der Waals surface area contributed by atoms with E-state index in [1.807, 2.05) is 32.2 Å². The number of fused-ring (bicyclic) bond motifs is 1. The van der Waals surface area contributed by atoms with Crippen molar-refractivity contribution in [2.45, 2.75) is 58.0 Å². The number of nitrogens with zero attached hydrogens (tertiary/aromatic N) is 1. The van der Waals surface area contributed by atoms with Crippen LogP contribution >= 0.6 is 12.4 Å². The number of hydrogen-bond acceptors (Lipinski definition) is 4. The van der Waals surface area contributed by atoms with Crippen LogP contribution in [0.5, 0.6) is 5.75 Å². The summed E-state index contributed by atoms with van der Waals surface area (Å²) >= 11 is 0. The highest BCUT2D eigenvalue weighted by Gasteiger charge is 2.22. The van der Waals surface area contributed by atoms with Gasteiger partial charge in [0.1, 0.15) is 5.75 Å². The lowest BCUT2D eigenvalue weighted by molar-refractivity contribution is 0.0691. The van der Waals surface area contributed by atoms with Gasteiger partial charge in [0, 0.05) is 41.8 Å². The third-order valence-corrected chi connectivity index (χ3v) is 6.46. The van der Waals surface area contributed by atoms with E-state index in [1.54, 1.807) is 0 Å². The SMILES string of the molecule is CCc1c(-c2ccc3c(c2)cc(CNC2CCCCC2)n3C)[nH]c(=O)c(C(=O)O)c1O.Cl. The molecule has 8 heteroatoms. The van der Waals surface area contributed by atoms with Crippen LogP contribution in [0.3, 0.4) is 0 Å². The summed E-state index contributed by atoms with van der Waals surface area (Å²) in [5, 5.41) is 24.4. The van der Waals surface area contributed by atoms with Crippen LogP contribution in [0.1, 0.15) is 60.6 Å². The molecule has 4 rings (SSSR count). The van der Waals surface area contributed by atoms with E-state index in [1.165, 1.54) is 37.8 Å². The quantitative estimate of drug-likeness (QED) is 0.438. The predicted molar refractivity (Wildman–Crippen MR) is 128 cm³/mol. The van der Waals surface area contributed by atoms with Crippen LogP contribution in [0.25, 0.3) is 22.2 Å². The highest BCUT2D eigenvalue weighted by atomic mass is 35.5. The molecule has 2 aromatic heterocycles. The van der Waals surface area contributed by atoms with E-state index < -0.39 is 22.8 Å². The molecule has 1 aliphatic carbocycles. The lowest BCUT2D eigenvalue weighted by Gasteiger charge is -2.22. The van der Waals surface area contributed by atoms with Crippen LogP contribution in [0.2, 0.25) is 0 Å². The van der Waals surface area contributed by atoms with Crippen molar-refractivity contribution in [1.82, 2.24) is 14.9 Å². The number of carboxylic acid groups (broad SMARTS) is 1. The second kappa shape index (κ2) is 9.79. The van der Waals surface area contributed by atoms with Gasteiger partial charge in [-0.15, -0.1) is 12.4 Å². The van der Waals surface area contributed by atoms with E-state index >= 15 is 0 Å². The van der Waals surface area contributed by atoms with Crippen molar-refractivity contribution in [3.05, 3.63) is 51.4 Å². The van der Waals surface area contributed by atoms with E-state index in [4.69, 9.17) is 0 Å². The van der Waals surface area contributed by atoms with Gasteiger partial charge in [-0.05, 0) is 43.0 Å². The molecule has 7 nitrogen and oxygen atoms in total. The van der Waals surface area contributed by atoms with Gasteiger partial charge >= 0.3 is 5.97 Å². The molecule has 0 atom stereocenters. The molecule has 32 heavy (non-hydrogen) atoms. The number of benzene rings is 1. The fraction of sp³-hybridized carbons (Fsp3) is 0.417. The molecule has 0 saturated heterocycles. The van der Waals surface area contributed by atoms with Gasteiger partial charge in [-0.25, -0.2) is 4.79 Å². The summed E-state index contributed by atoms with van der Waals surface area (Å²) in [5.74, 6) is -1.90. The summed E-state index contributed by atoms with van der Waals surface area (Å²) in [6, 6.07) is 8.59. The first-order valence-corrected chi connectivity index (χ1v) is 10.9. The zero-order valence-corrected chi connectivity index (χ0v) is 19.2. The number of aromatic amines is 1. The van der Waals surface area contributed by atoms with E-state index in [-0.39, 0.29) is 12.4 Å². The molecule has 0 aliphatic heterocycles. The first-order valence-electron chi connectivity index (χ1n) is 10.9. The minimum Gasteiger partial charge on any atom is -0.506 e. The highest BCUT2D eigenvalue weighted by Crippen LogP contribution is 2.32. The molecule has 0 radical (unpaired) electrons. The summed E-state index contributed by atoms with van der Waals surface area (Å²) in [6.07, 6.45) is 6.78. The Morgan fingerprint density at radius 1 is 1.22 bits per heavy atom. The van der Waals surface area contributed by atoms with Crippen LogP contribution in [0.15, 0.2) is 29.1 Å². The van der Waals surface area contributed by atoms with Crippen LogP contribution in [-0.4, -0.2) is 31.8 Å². The second-order valence-corrected chi connectivity index (χ2v) is 8.37. The Balaban J connectivity index is 0.00000289. The number of carbonyl (C=O) groups is 1. The van der Waals surface area contributed by atoms with Crippen LogP contribution < -0.4 is 10.9 Å². The molecule has 0 bridgehead atoms. The number of aromatic hydroxyl groups is 1. The van der Waals surface area contributed by atoms with Gasteiger partial charge in [-0.3, -0.25) is 4.79 Å². The standard InChI is InChI=1S/C24H29N3O4.ClH/c1-3-18-21(26-23(29)20(22(18)28)24(30)31)14-9-10-19-15(11-14)12-17(27(19)2)13-25-16-7-5-4-6-8-16;/h9-12,16,25H,3-8,13H2,1-2H3,(H,30,31)(H2,26,28,29);1H. The zero-order chi connectivity index (χ0) is 22.1. The van der Waals surface area contributed by atoms with Gasteiger partial charge in [-0.1, -0.05) is 32.3 Å². The van der Waals surface area contributed by atoms with E-state index in [0.717, 1.165) is 23.0 Å². The van der Waals surface area contributed by atoms with Crippen LogP contribution in [0.4, 0.5) is 0 Å². The van der Waals surface area contributed by atoms with Crippen LogP contribution in [-0.2, 0) is 20.0 Å².